The Bertz CT molecular complexity index is 1340. The van der Waals surface area contributed by atoms with Crippen molar-refractivity contribution in [3.05, 3.63) is 78.0 Å². The summed E-state index contributed by atoms with van der Waals surface area (Å²) in [5.74, 6) is -0.328. The zero-order valence-corrected chi connectivity index (χ0v) is 18.7. The van der Waals surface area contributed by atoms with Gasteiger partial charge in [0.2, 0.25) is 0 Å². The standard InChI is InChI=1S/C25H25N5O5/c26-21-18-16(22(27)33)11-30(24(18)29-23(28-21)15-9-5-2-6-10-15)25-20(32)19(31)17(35-25)13-34-12-14-7-3-1-4-8-14/h1-11,17,19-20,25,31-32H,12-13H2,(H2,27,33)(H2,26,28,29)/t17-,19-,20-,25-/m1/s1. The first-order valence-electron chi connectivity index (χ1n) is 11.1. The number of primary amides is 1. The van der Waals surface area contributed by atoms with Crippen molar-refractivity contribution in [2.45, 2.75) is 31.1 Å². The highest BCUT2D eigenvalue weighted by molar-refractivity contribution is 6.09. The lowest BCUT2D eigenvalue weighted by Crippen LogP contribution is -2.33. The van der Waals surface area contributed by atoms with Gasteiger partial charge in [-0.1, -0.05) is 60.7 Å². The third kappa shape index (κ3) is 4.35. The first-order valence-corrected chi connectivity index (χ1v) is 11.1. The number of aliphatic hydroxyl groups excluding tert-OH is 2. The van der Waals surface area contributed by atoms with E-state index in [4.69, 9.17) is 20.9 Å². The predicted octanol–water partition coefficient (Wildman–Crippen LogP) is 1.62. The first-order chi connectivity index (χ1) is 16.9. The molecule has 1 saturated heterocycles. The van der Waals surface area contributed by atoms with Crippen molar-refractivity contribution in [2.75, 3.05) is 12.3 Å². The van der Waals surface area contributed by atoms with Gasteiger partial charge in [-0.25, -0.2) is 9.97 Å². The molecule has 0 radical (unpaired) electrons. The van der Waals surface area contributed by atoms with E-state index in [9.17, 15) is 15.0 Å². The number of nitrogen functional groups attached to an aromatic ring is 1. The third-order valence-corrected chi connectivity index (χ3v) is 6.00. The summed E-state index contributed by atoms with van der Waals surface area (Å²) in [4.78, 5) is 21.1. The molecule has 2 aromatic carbocycles. The second-order valence-corrected chi connectivity index (χ2v) is 8.36. The molecule has 180 valence electrons. The molecule has 3 heterocycles. The molecule has 6 N–H and O–H groups in total. The van der Waals surface area contributed by atoms with E-state index >= 15 is 0 Å². The van der Waals surface area contributed by atoms with Gasteiger partial charge in [-0.05, 0) is 5.56 Å². The minimum absolute atomic E-state index is 0.0535. The highest BCUT2D eigenvalue weighted by atomic mass is 16.6. The quantitative estimate of drug-likeness (QED) is 0.314. The van der Waals surface area contributed by atoms with Crippen LogP contribution in [0.15, 0.2) is 66.9 Å². The summed E-state index contributed by atoms with van der Waals surface area (Å²) in [6, 6.07) is 18.8. The normalized spacial score (nSPS) is 22.0. The number of aromatic nitrogens is 3. The predicted molar refractivity (Wildman–Crippen MR) is 128 cm³/mol. The summed E-state index contributed by atoms with van der Waals surface area (Å²) in [6.07, 6.45) is -2.98. The van der Waals surface area contributed by atoms with Crippen LogP contribution in [0.3, 0.4) is 0 Å². The lowest BCUT2D eigenvalue weighted by Gasteiger charge is -2.17. The zero-order valence-electron chi connectivity index (χ0n) is 18.7. The van der Waals surface area contributed by atoms with E-state index in [1.54, 1.807) is 0 Å². The average Bonchev–Trinajstić information content (AvgIpc) is 3.39. The molecule has 1 aliphatic rings. The molecular formula is C25H25N5O5. The second kappa shape index (κ2) is 9.43. The summed E-state index contributed by atoms with van der Waals surface area (Å²) in [5, 5.41) is 21.7. The van der Waals surface area contributed by atoms with Crippen molar-refractivity contribution in [3.63, 3.8) is 0 Å². The van der Waals surface area contributed by atoms with Gasteiger partial charge in [-0.2, -0.15) is 0 Å². The number of ether oxygens (including phenoxy) is 2. The number of carbonyl (C=O) groups is 1. The van der Waals surface area contributed by atoms with Gasteiger partial charge in [-0.3, -0.25) is 4.79 Å². The van der Waals surface area contributed by atoms with Gasteiger partial charge in [-0.15, -0.1) is 0 Å². The molecule has 0 unspecified atom stereocenters. The Balaban J connectivity index is 1.47. The van der Waals surface area contributed by atoms with E-state index in [1.165, 1.54) is 10.8 Å². The van der Waals surface area contributed by atoms with Crippen LogP contribution in [0, 0.1) is 0 Å². The molecule has 0 bridgehead atoms. The number of hydrogen-bond acceptors (Lipinski definition) is 8. The molecule has 4 atom stereocenters. The van der Waals surface area contributed by atoms with Crippen LogP contribution in [0.1, 0.15) is 22.1 Å². The molecule has 4 aromatic rings. The van der Waals surface area contributed by atoms with Gasteiger partial charge in [0.15, 0.2) is 12.1 Å². The molecule has 0 spiro atoms. The van der Waals surface area contributed by atoms with E-state index < -0.39 is 30.4 Å². The summed E-state index contributed by atoms with van der Waals surface area (Å²) in [7, 11) is 0. The molecule has 0 saturated carbocycles. The van der Waals surface area contributed by atoms with Gasteiger partial charge >= 0.3 is 0 Å². The number of amides is 1. The van der Waals surface area contributed by atoms with E-state index in [0.29, 0.717) is 12.4 Å². The Labute approximate surface area is 200 Å². The van der Waals surface area contributed by atoms with E-state index in [0.717, 1.165) is 11.1 Å². The van der Waals surface area contributed by atoms with E-state index in [1.807, 2.05) is 60.7 Å². The maximum absolute atomic E-state index is 12.2. The number of nitrogens with two attached hydrogens (primary N) is 2. The molecule has 10 nitrogen and oxygen atoms in total. The fraction of sp³-hybridized carbons (Fsp3) is 0.240. The van der Waals surface area contributed by atoms with Crippen LogP contribution in [0.5, 0.6) is 0 Å². The highest BCUT2D eigenvalue weighted by Gasteiger charge is 2.44. The SMILES string of the molecule is NC(=O)c1cn([C@@H]2O[C@H](COCc3ccccc3)[C@@H](O)[C@H]2O)c2nc(-c3ccccc3)nc(N)c12. The first kappa shape index (κ1) is 22.9. The molecule has 10 heteroatoms. The van der Waals surface area contributed by atoms with Gasteiger partial charge in [0.05, 0.1) is 24.2 Å². The molecule has 1 amide bonds. The molecule has 1 aliphatic heterocycles. The summed E-state index contributed by atoms with van der Waals surface area (Å²) in [5.41, 5.74) is 13.8. The lowest BCUT2D eigenvalue weighted by molar-refractivity contribution is -0.0681. The molecular weight excluding hydrogens is 450 g/mol. The summed E-state index contributed by atoms with van der Waals surface area (Å²) in [6.45, 7) is 0.383. The number of carbonyl (C=O) groups excluding carboxylic acids is 1. The number of hydrogen-bond donors (Lipinski definition) is 4. The van der Waals surface area contributed by atoms with Crippen LogP contribution in [-0.2, 0) is 16.1 Å². The Hall–Kier alpha value is -3.83. The van der Waals surface area contributed by atoms with Gasteiger partial charge in [0.1, 0.15) is 29.8 Å². The largest absolute Gasteiger partial charge is 0.387 e. The van der Waals surface area contributed by atoms with Crippen molar-refractivity contribution in [1.82, 2.24) is 14.5 Å². The number of benzene rings is 2. The van der Waals surface area contributed by atoms with Crippen molar-refractivity contribution < 1.29 is 24.5 Å². The third-order valence-electron chi connectivity index (χ3n) is 6.00. The van der Waals surface area contributed by atoms with Crippen LogP contribution in [0.25, 0.3) is 22.4 Å². The summed E-state index contributed by atoms with van der Waals surface area (Å²) < 4.78 is 13.2. The maximum Gasteiger partial charge on any atom is 0.251 e. The van der Waals surface area contributed by atoms with Crippen molar-refractivity contribution in [3.8, 4) is 11.4 Å². The smallest absolute Gasteiger partial charge is 0.251 e. The number of nitrogens with zero attached hydrogens (tertiary/aromatic N) is 3. The minimum Gasteiger partial charge on any atom is -0.387 e. The average molecular weight is 476 g/mol. The van der Waals surface area contributed by atoms with Crippen molar-refractivity contribution in [2.24, 2.45) is 5.73 Å². The number of anilines is 1. The van der Waals surface area contributed by atoms with E-state index in [-0.39, 0.29) is 29.0 Å². The summed E-state index contributed by atoms with van der Waals surface area (Å²) >= 11 is 0. The maximum atomic E-state index is 12.2. The van der Waals surface area contributed by atoms with Crippen molar-refractivity contribution >= 4 is 22.8 Å². The van der Waals surface area contributed by atoms with Crippen LogP contribution < -0.4 is 11.5 Å². The lowest BCUT2D eigenvalue weighted by atomic mass is 10.1. The van der Waals surface area contributed by atoms with Gasteiger partial charge in [0.25, 0.3) is 5.91 Å². The molecule has 1 fully saturated rings. The Morgan fingerprint density at radius 3 is 2.40 bits per heavy atom. The zero-order chi connectivity index (χ0) is 24.5. The number of fused-ring (bicyclic) bond motifs is 1. The van der Waals surface area contributed by atoms with Crippen molar-refractivity contribution in [1.29, 1.82) is 0 Å². The monoisotopic (exact) mass is 475 g/mol. The molecule has 2 aromatic heterocycles. The van der Waals surface area contributed by atoms with E-state index in [2.05, 4.69) is 9.97 Å². The Kier molecular flexibility index (Phi) is 6.18. The van der Waals surface area contributed by atoms with Gasteiger partial charge < -0.3 is 35.7 Å². The fourth-order valence-corrected chi connectivity index (χ4v) is 4.24. The number of rotatable bonds is 7. The van der Waals surface area contributed by atoms with Crippen LogP contribution in [0.4, 0.5) is 5.82 Å². The van der Waals surface area contributed by atoms with Crippen LogP contribution in [-0.4, -0.2) is 55.6 Å². The topological polar surface area (TPSA) is 159 Å². The highest BCUT2D eigenvalue weighted by Crippen LogP contribution is 2.36. The minimum atomic E-state index is -1.31. The number of aliphatic hydroxyl groups is 2. The van der Waals surface area contributed by atoms with Crippen LogP contribution >= 0.6 is 0 Å². The fourth-order valence-electron chi connectivity index (χ4n) is 4.24. The molecule has 5 rings (SSSR count). The molecule has 0 aliphatic carbocycles. The Morgan fingerprint density at radius 2 is 1.71 bits per heavy atom. The van der Waals surface area contributed by atoms with Crippen LogP contribution in [0.2, 0.25) is 0 Å². The van der Waals surface area contributed by atoms with Gasteiger partial charge in [0, 0.05) is 11.8 Å². The second-order valence-electron chi connectivity index (χ2n) is 8.36. The Morgan fingerprint density at radius 1 is 1.03 bits per heavy atom. The molecule has 35 heavy (non-hydrogen) atoms.